The van der Waals surface area contributed by atoms with Crippen LogP contribution in [0, 0.1) is 0 Å². The Hall–Kier alpha value is -0.870. The Bertz CT molecular complexity index is 393. The fraction of sp³-hybridized carbons (Fsp3) is 0.812. The minimum absolute atomic E-state index is 0.0557. The van der Waals surface area contributed by atoms with Gasteiger partial charge in [-0.05, 0) is 46.3 Å². The van der Waals surface area contributed by atoms with E-state index in [-0.39, 0.29) is 11.6 Å². The third-order valence-electron chi connectivity index (χ3n) is 4.94. The van der Waals surface area contributed by atoms with E-state index in [4.69, 9.17) is 5.73 Å². The Balaban J connectivity index is 2.83. The Morgan fingerprint density at radius 2 is 1.90 bits per heavy atom. The fourth-order valence-corrected chi connectivity index (χ4v) is 3.07. The summed E-state index contributed by atoms with van der Waals surface area (Å²) in [5.41, 5.74) is 7.69. The summed E-state index contributed by atoms with van der Waals surface area (Å²) in [6.07, 6.45) is 6.13. The number of hydrogen-bond acceptors (Lipinski definition) is 3. The van der Waals surface area contributed by atoms with Gasteiger partial charge < -0.3 is 10.6 Å². The summed E-state index contributed by atoms with van der Waals surface area (Å²) in [7, 11) is 4.26. The van der Waals surface area contributed by atoms with Crippen LogP contribution in [0.3, 0.4) is 0 Å². The lowest BCUT2D eigenvalue weighted by atomic mass is 9.81. The largest absolute Gasteiger partial charge is 0.326 e. The molecule has 1 heterocycles. The first-order chi connectivity index (χ1) is 9.41. The van der Waals surface area contributed by atoms with Gasteiger partial charge >= 0.3 is 0 Å². The molecule has 4 nitrogen and oxygen atoms in total. The number of aromatic nitrogens is 2. The second-order valence-electron chi connectivity index (χ2n) is 6.06. The molecule has 0 spiro atoms. The first-order valence-electron chi connectivity index (χ1n) is 7.88. The second-order valence-corrected chi connectivity index (χ2v) is 6.06. The Labute approximate surface area is 124 Å². The van der Waals surface area contributed by atoms with Crippen LogP contribution in [0.5, 0.6) is 0 Å². The minimum atomic E-state index is 0.0557. The summed E-state index contributed by atoms with van der Waals surface area (Å²) in [6, 6.07) is 2.67. The van der Waals surface area contributed by atoms with E-state index in [0.717, 1.165) is 31.4 Å². The van der Waals surface area contributed by atoms with E-state index in [1.54, 1.807) is 0 Å². The predicted molar refractivity (Wildman–Crippen MR) is 85.9 cm³/mol. The van der Waals surface area contributed by atoms with Gasteiger partial charge in [0.15, 0.2) is 0 Å². The van der Waals surface area contributed by atoms with Crippen LogP contribution in [-0.2, 0) is 6.42 Å². The van der Waals surface area contributed by atoms with Crippen molar-refractivity contribution in [2.45, 2.75) is 71.0 Å². The molecule has 2 atom stereocenters. The normalized spacial score (nSPS) is 15.6. The lowest BCUT2D eigenvalue weighted by Gasteiger charge is -2.43. The van der Waals surface area contributed by atoms with Crippen LogP contribution in [0.15, 0.2) is 12.3 Å². The van der Waals surface area contributed by atoms with Crippen LogP contribution in [0.1, 0.15) is 58.7 Å². The Morgan fingerprint density at radius 3 is 2.35 bits per heavy atom. The quantitative estimate of drug-likeness (QED) is 0.796. The number of hydrogen-bond donors (Lipinski definition) is 1. The molecule has 20 heavy (non-hydrogen) atoms. The third-order valence-corrected chi connectivity index (χ3v) is 4.94. The summed E-state index contributed by atoms with van der Waals surface area (Å²) in [5, 5.41) is 4.68. The van der Waals surface area contributed by atoms with Crippen molar-refractivity contribution in [2.24, 2.45) is 5.73 Å². The van der Waals surface area contributed by atoms with Crippen molar-refractivity contribution in [3.63, 3.8) is 0 Å². The maximum atomic E-state index is 6.53. The van der Waals surface area contributed by atoms with Gasteiger partial charge in [-0.15, -0.1) is 0 Å². The maximum Gasteiger partial charge on any atom is 0.0640 e. The highest BCUT2D eigenvalue weighted by molar-refractivity contribution is 5.07. The van der Waals surface area contributed by atoms with E-state index in [2.05, 4.69) is 68.7 Å². The van der Waals surface area contributed by atoms with Crippen LogP contribution in [0.4, 0.5) is 0 Å². The zero-order valence-corrected chi connectivity index (χ0v) is 14.1. The average molecular weight is 280 g/mol. The number of likely N-dealkylation sites (N-methyl/N-ethyl adjacent to an activating group) is 1. The molecule has 4 heteroatoms. The van der Waals surface area contributed by atoms with E-state index in [1.807, 2.05) is 0 Å². The molecule has 0 amide bonds. The third kappa shape index (κ3) is 3.41. The van der Waals surface area contributed by atoms with Gasteiger partial charge in [0, 0.05) is 30.2 Å². The van der Waals surface area contributed by atoms with Crippen LogP contribution in [-0.4, -0.2) is 40.4 Å². The second kappa shape index (κ2) is 7.23. The van der Waals surface area contributed by atoms with E-state index in [0.29, 0.717) is 6.04 Å². The summed E-state index contributed by atoms with van der Waals surface area (Å²) < 4.78 is 2.05. The summed E-state index contributed by atoms with van der Waals surface area (Å²) in [5.74, 6) is 0. The molecule has 0 saturated heterocycles. The lowest BCUT2D eigenvalue weighted by molar-refractivity contribution is 0.105. The molecular formula is C16H32N4. The first-order valence-corrected chi connectivity index (χ1v) is 7.88. The molecule has 0 bridgehead atoms. The van der Waals surface area contributed by atoms with Crippen LogP contribution >= 0.6 is 0 Å². The topological polar surface area (TPSA) is 47.1 Å². The van der Waals surface area contributed by atoms with Crippen LogP contribution in [0.2, 0.25) is 0 Å². The Morgan fingerprint density at radius 1 is 1.30 bits per heavy atom. The van der Waals surface area contributed by atoms with Gasteiger partial charge in [0.25, 0.3) is 0 Å². The zero-order chi connectivity index (χ0) is 15.3. The van der Waals surface area contributed by atoms with Gasteiger partial charge in [0.1, 0.15) is 0 Å². The molecule has 1 aromatic rings. The fourth-order valence-electron chi connectivity index (χ4n) is 3.07. The average Bonchev–Trinajstić information content (AvgIpc) is 2.88. The Kier molecular flexibility index (Phi) is 6.21. The molecule has 1 rings (SSSR count). The van der Waals surface area contributed by atoms with Gasteiger partial charge in [-0.1, -0.05) is 20.8 Å². The van der Waals surface area contributed by atoms with Gasteiger partial charge in [-0.2, -0.15) is 5.10 Å². The van der Waals surface area contributed by atoms with Gasteiger partial charge in [-0.3, -0.25) is 4.68 Å². The number of nitrogens with zero attached hydrogens (tertiary/aromatic N) is 3. The van der Waals surface area contributed by atoms with E-state index >= 15 is 0 Å². The highest BCUT2D eigenvalue weighted by Gasteiger charge is 2.35. The summed E-state index contributed by atoms with van der Waals surface area (Å²) in [6.45, 7) is 8.82. The van der Waals surface area contributed by atoms with Crippen molar-refractivity contribution in [3.8, 4) is 0 Å². The molecule has 2 unspecified atom stereocenters. The highest BCUT2D eigenvalue weighted by Crippen LogP contribution is 2.26. The molecule has 0 aliphatic heterocycles. The highest BCUT2D eigenvalue weighted by atomic mass is 15.3. The number of nitrogens with two attached hydrogens (primary N) is 1. The maximum absolute atomic E-state index is 6.53. The molecule has 0 aromatic carbocycles. The van der Waals surface area contributed by atoms with Gasteiger partial charge in [0.05, 0.1) is 5.69 Å². The summed E-state index contributed by atoms with van der Waals surface area (Å²) in [4.78, 5) is 2.28. The predicted octanol–water partition coefficient (Wildman–Crippen LogP) is 2.84. The van der Waals surface area contributed by atoms with E-state index in [1.165, 1.54) is 0 Å². The van der Waals surface area contributed by atoms with Gasteiger partial charge in [0.2, 0.25) is 0 Å². The summed E-state index contributed by atoms with van der Waals surface area (Å²) >= 11 is 0. The van der Waals surface area contributed by atoms with Crippen molar-refractivity contribution in [3.05, 3.63) is 18.0 Å². The van der Waals surface area contributed by atoms with Crippen LogP contribution in [0.25, 0.3) is 0 Å². The zero-order valence-electron chi connectivity index (χ0n) is 14.1. The molecule has 0 saturated carbocycles. The molecule has 116 valence electrons. The van der Waals surface area contributed by atoms with E-state index < -0.39 is 0 Å². The molecule has 2 N–H and O–H groups in total. The van der Waals surface area contributed by atoms with Crippen molar-refractivity contribution < 1.29 is 0 Å². The molecule has 1 aromatic heterocycles. The smallest absolute Gasteiger partial charge is 0.0640 e. The molecule has 0 radical (unpaired) electrons. The first kappa shape index (κ1) is 17.2. The van der Waals surface area contributed by atoms with Gasteiger partial charge in [-0.25, -0.2) is 0 Å². The van der Waals surface area contributed by atoms with Crippen molar-refractivity contribution in [2.75, 3.05) is 14.1 Å². The van der Waals surface area contributed by atoms with E-state index in [9.17, 15) is 0 Å². The monoisotopic (exact) mass is 280 g/mol. The molecular weight excluding hydrogens is 248 g/mol. The SMILES string of the molecule is CCC(C)n1ccc(CC(N)C(CC)(CC)N(C)C)n1. The minimum Gasteiger partial charge on any atom is -0.326 e. The number of rotatable bonds is 8. The molecule has 0 aliphatic carbocycles. The van der Waals surface area contributed by atoms with Crippen LogP contribution < -0.4 is 5.73 Å². The van der Waals surface area contributed by atoms with Crippen molar-refractivity contribution >= 4 is 0 Å². The molecule has 0 aliphatic rings. The standard InChI is InChI=1S/C16H32N4/c1-7-13(4)20-11-10-14(18-20)12-15(17)16(8-2,9-3)19(5)6/h10-11,13,15H,7-9,12,17H2,1-6H3. The molecule has 0 fully saturated rings. The van der Waals surface area contributed by atoms with Crippen molar-refractivity contribution in [1.29, 1.82) is 0 Å². The van der Waals surface area contributed by atoms with Crippen molar-refractivity contribution in [1.82, 2.24) is 14.7 Å². The lowest BCUT2D eigenvalue weighted by Crippen LogP contribution is -2.57.